The molecule has 0 amide bonds. The fraction of sp³-hybridized carbons (Fsp3) is 0.600. The van der Waals surface area contributed by atoms with Gasteiger partial charge in [0, 0.05) is 22.0 Å². The molecular weight excluding hydrogens is 303 g/mol. The molecule has 1 rings (SSSR count). The van der Waals surface area contributed by atoms with E-state index in [4.69, 9.17) is 5.73 Å². The summed E-state index contributed by atoms with van der Waals surface area (Å²) in [5, 5.41) is 3.30. The molecule has 1 heterocycles. The summed E-state index contributed by atoms with van der Waals surface area (Å²) in [5.41, 5.74) is 5.56. The number of halogens is 1. The van der Waals surface area contributed by atoms with Gasteiger partial charge in [-0.3, -0.25) is 0 Å². The zero-order valence-electron chi connectivity index (χ0n) is 9.07. The summed E-state index contributed by atoms with van der Waals surface area (Å²) in [5.74, 6) is 1.21. The van der Waals surface area contributed by atoms with Gasteiger partial charge in [-0.15, -0.1) is 0 Å². The van der Waals surface area contributed by atoms with E-state index in [1.54, 1.807) is 12.4 Å². The minimum Gasteiger partial charge on any atom is -0.351 e. The quantitative estimate of drug-likeness (QED) is 0.813. The van der Waals surface area contributed by atoms with Crippen LogP contribution in [-0.2, 0) is 0 Å². The van der Waals surface area contributed by atoms with Gasteiger partial charge in [-0.1, -0.05) is 13.8 Å². The Kier molecular flexibility index (Phi) is 5.24. The minimum absolute atomic E-state index is 0.343. The van der Waals surface area contributed by atoms with Crippen LogP contribution in [0.3, 0.4) is 0 Å². The summed E-state index contributed by atoms with van der Waals surface area (Å²) in [7, 11) is 0. The Bertz CT molecular complexity index is 286. The molecule has 0 aliphatic heterocycles. The van der Waals surface area contributed by atoms with Gasteiger partial charge in [0.05, 0.1) is 0 Å². The molecule has 0 saturated carbocycles. The predicted octanol–water partition coefficient (Wildman–Crippen LogP) is 1.87. The lowest BCUT2D eigenvalue weighted by Crippen LogP contribution is -2.29. The molecule has 0 fully saturated rings. The molecule has 84 valence electrons. The van der Waals surface area contributed by atoms with Gasteiger partial charge in [0.25, 0.3) is 0 Å². The van der Waals surface area contributed by atoms with E-state index in [0.717, 1.165) is 9.99 Å². The van der Waals surface area contributed by atoms with Crippen LogP contribution in [0.15, 0.2) is 12.4 Å². The Morgan fingerprint density at radius 2 is 2.00 bits per heavy atom. The topological polar surface area (TPSA) is 63.8 Å². The summed E-state index contributed by atoms with van der Waals surface area (Å²) in [6.07, 6.45) is 4.54. The van der Waals surface area contributed by atoms with Crippen LogP contribution in [-0.4, -0.2) is 22.6 Å². The van der Waals surface area contributed by atoms with Gasteiger partial charge in [-0.25, -0.2) is 9.97 Å². The average Bonchev–Trinajstić information content (AvgIpc) is 2.20. The average molecular weight is 320 g/mol. The first kappa shape index (κ1) is 12.6. The second-order valence-corrected chi connectivity index (χ2v) is 5.04. The van der Waals surface area contributed by atoms with Gasteiger partial charge >= 0.3 is 0 Å². The first-order chi connectivity index (χ1) is 7.13. The van der Waals surface area contributed by atoms with E-state index in [9.17, 15) is 0 Å². The van der Waals surface area contributed by atoms with Gasteiger partial charge in [-0.05, 0) is 41.5 Å². The maximum absolute atomic E-state index is 5.56. The monoisotopic (exact) mass is 320 g/mol. The summed E-state index contributed by atoms with van der Waals surface area (Å²) >= 11 is 2.19. The molecule has 1 aromatic heterocycles. The molecule has 0 radical (unpaired) electrons. The fourth-order valence-electron chi connectivity index (χ4n) is 1.30. The van der Waals surface area contributed by atoms with E-state index >= 15 is 0 Å². The van der Waals surface area contributed by atoms with Crippen LogP contribution in [0.1, 0.15) is 20.3 Å². The number of hydrogen-bond donors (Lipinski definition) is 2. The molecule has 0 spiro atoms. The highest BCUT2D eigenvalue weighted by molar-refractivity contribution is 14.1. The first-order valence-corrected chi connectivity index (χ1v) is 6.15. The molecule has 15 heavy (non-hydrogen) atoms. The van der Waals surface area contributed by atoms with Crippen molar-refractivity contribution in [2.45, 2.75) is 26.3 Å². The lowest BCUT2D eigenvalue weighted by Gasteiger charge is -2.21. The predicted molar refractivity (Wildman–Crippen MR) is 70.7 cm³/mol. The third-order valence-electron chi connectivity index (χ3n) is 2.22. The van der Waals surface area contributed by atoms with E-state index in [2.05, 4.69) is 51.7 Å². The zero-order chi connectivity index (χ0) is 11.3. The second-order valence-electron chi connectivity index (χ2n) is 3.80. The number of aromatic nitrogens is 2. The standard InChI is InChI=1S/C10H17IN4/c1-7(2)9(3-4-12)15-10-13-5-8(11)6-14-10/h5-7,9H,3-4,12H2,1-2H3,(H,13,14,15). The molecular formula is C10H17IN4. The van der Waals surface area contributed by atoms with Crippen molar-refractivity contribution in [1.29, 1.82) is 0 Å². The molecule has 0 aromatic carbocycles. The molecule has 0 aliphatic carbocycles. The highest BCUT2D eigenvalue weighted by Crippen LogP contribution is 2.11. The van der Waals surface area contributed by atoms with Gasteiger partial charge in [0.2, 0.25) is 5.95 Å². The van der Waals surface area contributed by atoms with E-state index in [1.807, 2.05) is 0 Å². The van der Waals surface area contributed by atoms with Crippen molar-refractivity contribution in [2.75, 3.05) is 11.9 Å². The summed E-state index contributed by atoms with van der Waals surface area (Å²) in [6, 6.07) is 0.343. The van der Waals surface area contributed by atoms with Crippen molar-refractivity contribution >= 4 is 28.5 Å². The number of nitrogens with one attached hydrogen (secondary N) is 1. The Morgan fingerprint density at radius 1 is 1.40 bits per heavy atom. The van der Waals surface area contributed by atoms with Crippen molar-refractivity contribution in [1.82, 2.24) is 9.97 Å². The van der Waals surface area contributed by atoms with Gasteiger partial charge in [-0.2, -0.15) is 0 Å². The molecule has 5 heteroatoms. The Morgan fingerprint density at radius 3 is 2.47 bits per heavy atom. The highest BCUT2D eigenvalue weighted by Gasteiger charge is 2.12. The molecule has 0 bridgehead atoms. The van der Waals surface area contributed by atoms with E-state index in [0.29, 0.717) is 24.5 Å². The minimum atomic E-state index is 0.343. The number of anilines is 1. The summed E-state index contributed by atoms with van der Waals surface area (Å²) < 4.78 is 1.04. The zero-order valence-corrected chi connectivity index (χ0v) is 11.2. The molecule has 0 saturated heterocycles. The van der Waals surface area contributed by atoms with Crippen LogP contribution in [0.5, 0.6) is 0 Å². The van der Waals surface area contributed by atoms with Crippen LogP contribution in [0.2, 0.25) is 0 Å². The van der Waals surface area contributed by atoms with Crippen LogP contribution >= 0.6 is 22.6 Å². The smallest absolute Gasteiger partial charge is 0.222 e. The van der Waals surface area contributed by atoms with E-state index < -0.39 is 0 Å². The second kappa shape index (κ2) is 6.22. The van der Waals surface area contributed by atoms with Crippen LogP contribution in [0.25, 0.3) is 0 Å². The third kappa shape index (κ3) is 4.29. The number of rotatable bonds is 5. The first-order valence-electron chi connectivity index (χ1n) is 5.07. The summed E-state index contributed by atoms with van der Waals surface area (Å²) in [6.45, 7) is 5.01. The van der Waals surface area contributed by atoms with Gasteiger partial charge < -0.3 is 11.1 Å². The van der Waals surface area contributed by atoms with Crippen LogP contribution in [0.4, 0.5) is 5.95 Å². The van der Waals surface area contributed by atoms with Gasteiger partial charge in [0.15, 0.2) is 0 Å². The van der Waals surface area contributed by atoms with Gasteiger partial charge in [0.1, 0.15) is 0 Å². The van der Waals surface area contributed by atoms with Crippen molar-refractivity contribution in [2.24, 2.45) is 11.7 Å². The van der Waals surface area contributed by atoms with Crippen molar-refractivity contribution in [3.05, 3.63) is 16.0 Å². The maximum Gasteiger partial charge on any atom is 0.222 e. The maximum atomic E-state index is 5.56. The normalized spacial score (nSPS) is 12.9. The van der Waals surface area contributed by atoms with Crippen molar-refractivity contribution in [3.8, 4) is 0 Å². The summed E-state index contributed by atoms with van der Waals surface area (Å²) in [4.78, 5) is 8.42. The molecule has 4 nitrogen and oxygen atoms in total. The van der Waals surface area contributed by atoms with Crippen molar-refractivity contribution < 1.29 is 0 Å². The molecule has 3 N–H and O–H groups in total. The van der Waals surface area contributed by atoms with Crippen LogP contribution in [0, 0.1) is 9.49 Å². The SMILES string of the molecule is CC(C)C(CCN)Nc1ncc(I)cn1. The van der Waals surface area contributed by atoms with Crippen molar-refractivity contribution in [3.63, 3.8) is 0 Å². The largest absolute Gasteiger partial charge is 0.351 e. The van der Waals surface area contributed by atoms with E-state index in [1.165, 1.54) is 0 Å². The van der Waals surface area contributed by atoms with Crippen LogP contribution < -0.4 is 11.1 Å². The Balaban J connectivity index is 2.61. The molecule has 1 aromatic rings. The molecule has 1 unspecified atom stereocenters. The third-order valence-corrected chi connectivity index (χ3v) is 2.77. The number of nitrogens with zero attached hydrogens (tertiary/aromatic N) is 2. The fourth-order valence-corrected chi connectivity index (χ4v) is 1.58. The number of nitrogens with two attached hydrogens (primary N) is 1. The Hall–Kier alpha value is -0.430. The highest BCUT2D eigenvalue weighted by atomic mass is 127. The van der Waals surface area contributed by atoms with E-state index in [-0.39, 0.29) is 0 Å². The number of hydrogen-bond acceptors (Lipinski definition) is 4. The molecule has 1 atom stereocenters. The lowest BCUT2D eigenvalue weighted by atomic mass is 10.0. The lowest BCUT2D eigenvalue weighted by molar-refractivity contribution is 0.496. The molecule has 0 aliphatic rings. The Labute approximate surface area is 104 Å².